The standard InChI is InChI=1S/C11H11NO5.C8H5NO3.C6H12O3/c13-5-7(14)6-17-12-10(15)8-3-1-2-4-9(8)11(12)16;10-7-5-3-1-2-4-6(5)8(11)9(7)12;1-6(2)8-4-5(3-7)9-6/h1-4,7,13-14H,5-6H2;1-4,12H;5,7H,3-4H2,1-2H3. The quantitative estimate of drug-likeness (QED) is 0.308. The normalized spacial score (nSPS) is 19.9. The van der Waals surface area contributed by atoms with Crippen LogP contribution in [-0.4, -0.2) is 98.7 Å². The molecule has 4 amide bonds. The number of rotatable bonds is 5. The van der Waals surface area contributed by atoms with Gasteiger partial charge in [0.2, 0.25) is 0 Å². The number of ether oxygens (including phenoxy) is 2. The van der Waals surface area contributed by atoms with E-state index in [1.165, 1.54) is 24.3 Å². The largest absolute Gasteiger partial charge is 0.394 e. The fraction of sp³-hybridized carbons (Fsp3) is 0.360. The Morgan fingerprint density at radius 1 is 0.895 bits per heavy atom. The molecule has 2 unspecified atom stereocenters. The van der Waals surface area contributed by atoms with Crippen molar-refractivity contribution in [3.05, 3.63) is 70.8 Å². The number of aliphatic hydroxyl groups excluding tert-OH is 3. The van der Waals surface area contributed by atoms with Crippen LogP contribution in [0.2, 0.25) is 0 Å². The molecule has 13 nitrogen and oxygen atoms in total. The molecule has 2 atom stereocenters. The van der Waals surface area contributed by atoms with Gasteiger partial charge in [0.25, 0.3) is 23.6 Å². The predicted molar refractivity (Wildman–Crippen MR) is 127 cm³/mol. The van der Waals surface area contributed by atoms with E-state index >= 15 is 0 Å². The zero-order valence-corrected chi connectivity index (χ0v) is 20.6. The van der Waals surface area contributed by atoms with Gasteiger partial charge in [-0.05, 0) is 38.1 Å². The first kappa shape index (κ1) is 29.0. The number of hydrogen-bond acceptors (Lipinski definition) is 11. The van der Waals surface area contributed by atoms with Crippen molar-refractivity contribution in [2.24, 2.45) is 0 Å². The van der Waals surface area contributed by atoms with Crippen LogP contribution in [0.5, 0.6) is 0 Å². The van der Waals surface area contributed by atoms with E-state index in [-0.39, 0.29) is 46.6 Å². The molecule has 3 heterocycles. The van der Waals surface area contributed by atoms with Crippen molar-refractivity contribution in [3.8, 4) is 0 Å². The number of hydrogen-bond donors (Lipinski definition) is 4. The fourth-order valence-corrected chi connectivity index (χ4v) is 3.53. The van der Waals surface area contributed by atoms with Crippen molar-refractivity contribution in [3.63, 3.8) is 0 Å². The summed E-state index contributed by atoms with van der Waals surface area (Å²) in [5, 5.41) is 35.9. The molecule has 0 saturated carbocycles. The summed E-state index contributed by atoms with van der Waals surface area (Å²) in [4.78, 5) is 50.5. The summed E-state index contributed by atoms with van der Waals surface area (Å²) in [5.74, 6) is -2.93. The molecule has 0 aliphatic carbocycles. The van der Waals surface area contributed by atoms with Gasteiger partial charge in [0.1, 0.15) is 18.8 Å². The molecule has 2 aromatic rings. The molecule has 13 heteroatoms. The Morgan fingerprint density at radius 2 is 1.34 bits per heavy atom. The summed E-state index contributed by atoms with van der Waals surface area (Å²) in [6.45, 7) is 3.41. The number of imide groups is 2. The van der Waals surface area contributed by atoms with E-state index in [4.69, 9.17) is 34.8 Å². The number of fused-ring (bicyclic) bond motifs is 2. The van der Waals surface area contributed by atoms with Crippen LogP contribution in [0.1, 0.15) is 55.3 Å². The maximum Gasteiger partial charge on any atom is 0.285 e. The third-order valence-electron chi connectivity index (χ3n) is 5.41. The third kappa shape index (κ3) is 6.46. The molecule has 0 bridgehead atoms. The van der Waals surface area contributed by atoms with Crippen LogP contribution in [0.3, 0.4) is 0 Å². The molecule has 2 aromatic carbocycles. The maximum absolute atomic E-state index is 11.7. The van der Waals surface area contributed by atoms with Gasteiger partial charge in [0.15, 0.2) is 5.79 Å². The molecule has 204 valence electrons. The molecular weight excluding hydrogens is 504 g/mol. The lowest BCUT2D eigenvalue weighted by atomic mass is 10.1. The van der Waals surface area contributed by atoms with Crippen molar-refractivity contribution in [1.29, 1.82) is 0 Å². The maximum atomic E-state index is 11.7. The number of hydroxylamine groups is 4. The fourth-order valence-electron chi connectivity index (χ4n) is 3.53. The van der Waals surface area contributed by atoms with Gasteiger partial charge in [-0.1, -0.05) is 24.3 Å². The summed E-state index contributed by atoms with van der Waals surface area (Å²) in [7, 11) is 0. The zero-order valence-electron chi connectivity index (χ0n) is 20.6. The highest BCUT2D eigenvalue weighted by atomic mass is 16.7. The third-order valence-corrected chi connectivity index (χ3v) is 5.41. The molecular formula is C25H28N2O11. The minimum Gasteiger partial charge on any atom is -0.394 e. The number of benzene rings is 2. The summed E-state index contributed by atoms with van der Waals surface area (Å²) < 4.78 is 10.4. The monoisotopic (exact) mass is 532 g/mol. The molecule has 38 heavy (non-hydrogen) atoms. The van der Waals surface area contributed by atoms with Gasteiger partial charge in [-0.3, -0.25) is 29.2 Å². The van der Waals surface area contributed by atoms with Crippen LogP contribution in [0.4, 0.5) is 0 Å². The van der Waals surface area contributed by atoms with Crippen molar-refractivity contribution in [1.82, 2.24) is 10.1 Å². The molecule has 0 radical (unpaired) electrons. The second kappa shape index (κ2) is 12.3. The van der Waals surface area contributed by atoms with Crippen LogP contribution >= 0.6 is 0 Å². The lowest BCUT2D eigenvalue weighted by Crippen LogP contribution is -2.34. The lowest BCUT2D eigenvalue weighted by Gasteiger charge is -2.15. The van der Waals surface area contributed by atoms with Gasteiger partial charge in [-0.25, -0.2) is 0 Å². The van der Waals surface area contributed by atoms with Crippen molar-refractivity contribution >= 4 is 23.6 Å². The second-order valence-electron chi connectivity index (χ2n) is 8.68. The molecule has 0 aromatic heterocycles. The van der Waals surface area contributed by atoms with Crippen LogP contribution in [0, 0.1) is 0 Å². The van der Waals surface area contributed by atoms with E-state index in [0.29, 0.717) is 11.7 Å². The molecule has 1 fully saturated rings. The van der Waals surface area contributed by atoms with E-state index in [1.807, 2.05) is 13.8 Å². The van der Waals surface area contributed by atoms with Crippen molar-refractivity contribution in [2.75, 3.05) is 26.4 Å². The summed E-state index contributed by atoms with van der Waals surface area (Å²) in [6, 6.07) is 12.7. The second-order valence-corrected chi connectivity index (χ2v) is 8.68. The zero-order chi connectivity index (χ0) is 28.0. The van der Waals surface area contributed by atoms with Gasteiger partial charge >= 0.3 is 0 Å². The Bertz CT molecular complexity index is 1130. The van der Waals surface area contributed by atoms with Gasteiger partial charge < -0.3 is 24.8 Å². The first-order valence-corrected chi connectivity index (χ1v) is 11.5. The Labute approximate surface area is 217 Å². The van der Waals surface area contributed by atoms with Gasteiger partial charge in [0, 0.05) is 0 Å². The highest BCUT2D eigenvalue weighted by Gasteiger charge is 2.37. The highest BCUT2D eigenvalue weighted by molar-refractivity contribution is 6.21. The topological polar surface area (TPSA) is 183 Å². The predicted octanol–water partition coefficient (Wildman–Crippen LogP) is 0.369. The van der Waals surface area contributed by atoms with Crippen LogP contribution in [0.15, 0.2) is 48.5 Å². The molecule has 4 N–H and O–H groups in total. The number of nitrogens with zero attached hydrogens (tertiary/aromatic N) is 2. The SMILES string of the molecule is CC1(C)OCC(CO)O1.O=C1c2ccccc2C(=O)N1O.O=C1c2ccccc2C(=O)N1OCC(O)CO. The average molecular weight is 533 g/mol. The Hall–Kier alpha value is -3.56. The minimum atomic E-state index is -1.13. The lowest BCUT2D eigenvalue weighted by molar-refractivity contribution is -0.142. The van der Waals surface area contributed by atoms with E-state index in [0.717, 1.165) is 0 Å². The number of carbonyl (C=O) groups is 4. The van der Waals surface area contributed by atoms with Crippen LogP contribution < -0.4 is 0 Å². The van der Waals surface area contributed by atoms with E-state index < -0.39 is 42.1 Å². The molecule has 5 rings (SSSR count). The number of aliphatic hydroxyl groups is 3. The molecule has 1 saturated heterocycles. The summed E-state index contributed by atoms with van der Waals surface area (Å²) >= 11 is 0. The number of carbonyl (C=O) groups excluding carboxylic acids is 4. The van der Waals surface area contributed by atoms with Gasteiger partial charge in [-0.2, -0.15) is 0 Å². The first-order valence-electron chi connectivity index (χ1n) is 11.5. The van der Waals surface area contributed by atoms with Crippen LogP contribution in [-0.2, 0) is 14.3 Å². The summed E-state index contributed by atoms with van der Waals surface area (Å²) in [6.07, 6.45) is -1.25. The van der Waals surface area contributed by atoms with Crippen molar-refractivity contribution < 1.29 is 54.0 Å². The number of amides is 4. The Balaban J connectivity index is 0.000000167. The van der Waals surface area contributed by atoms with Gasteiger partial charge in [-0.15, -0.1) is 10.1 Å². The van der Waals surface area contributed by atoms with E-state index in [2.05, 4.69) is 0 Å². The molecule has 3 aliphatic heterocycles. The molecule has 3 aliphatic rings. The minimum absolute atomic E-state index is 0.0451. The van der Waals surface area contributed by atoms with E-state index in [1.54, 1.807) is 24.3 Å². The first-order chi connectivity index (χ1) is 18.0. The Kier molecular flexibility index (Phi) is 9.40. The summed E-state index contributed by atoms with van der Waals surface area (Å²) in [5.41, 5.74) is 1.06. The van der Waals surface area contributed by atoms with E-state index in [9.17, 15) is 19.2 Å². The average Bonchev–Trinajstić information content (AvgIpc) is 3.49. The van der Waals surface area contributed by atoms with Gasteiger partial charge in [0.05, 0.1) is 42.1 Å². The van der Waals surface area contributed by atoms with Crippen molar-refractivity contribution in [2.45, 2.75) is 31.8 Å². The van der Waals surface area contributed by atoms with Crippen LogP contribution in [0.25, 0.3) is 0 Å². The smallest absolute Gasteiger partial charge is 0.285 e. The molecule has 0 spiro atoms. The Morgan fingerprint density at radius 3 is 1.68 bits per heavy atom. The highest BCUT2D eigenvalue weighted by Crippen LogP contribution is 2.23.